The summed E-state index contributed by atoms with van der Waals surface area (Å²) in [5.74, 6) is 0.614. The van der Waals surface area contributed by atoms with Gasteiger partial charge < -0.3 is 14.6 Å². The van der Waals surface area contributed by atoms with Crippen molar-refractivity contribution in [3.63, 3.8) is 0 Å². The third-order valence-corrected chi connectivity index (χ3v) is 5.53. The molecule has 0 spiro atoms. The number of halogens is 1. The minimum absolute atomic E-state index is 0.129. The average Bonchev–Trinajstić information content (AvgIpc) is 3.02. The SMILES string of the molecule is Cn1c(C(=O)NCc2cccc(OCc3ccccn3)c2)c(Br)c2ccccc21. The fraction of sp³-hybridized carbons (Fsp3) is 0.130. The molecule has 1 N–H and O–H groups in total. The molecule has 0 saturated carbocycles. The first kappa shape index (κ1) is 19.2. The summed E-state index contributed by atoms with van der Waals surface area (Å²) in [4.78, 5) is 17.1. The quantitative estimate of drug-likeness (QED) is 0.457. The van der Waals surface area contributed by atoms with Gasteiger partial charge in [-0.3, -0.25) is 9.78 Å². The van der Waals surface area contributed by atoms with Crippen LogP contribution in [0.5, 0.6) is 5.75 Å². The highest BCUT2D eigenvalue weighted by Crippen LogP contribution is 2.30. The summed E-state index contributed by atoms with van der Waals surface area (Å²) in [6, 6.07) is 21.4. The van der Waals surface area contributed by atoms with E-state index in [1.54, 1.807) is 6.20 Å². The second-order valence-electron chi connectivity index (χ2n) is 6.68. The Morgan fingerprint density at radius 3 is 2.72 bits per heavy atom. The molecular weight excluding hydrogens is 430 g/mol. The van der Waals surface area contributed by atoms with Gasteiger partial charge in [0.1, 0.15) is 18.1 Å². The van der Waals surface area contributed by atoms with Gasteiger partial charge in [-0.2, -0.15) is 0 Å². The van der Waals surface area contributed by atoms with Crippen LogP contribution in [-0.2, 0) is 20.2 Å². The lowest BCUT2D eigenvalue weighted by molar-refractivity contribution is 0.0942. The summed E-state index contributed by atoms with van der Waals surface area (Å²) >= 11 is 3.58. The first-order valence-electron chi connectivity index (χ1n) is 9.26. The van der Waals surface area contributed by atoms with Gasteiger partial charge in [0.25, 0.3) is 5.91 Å². The molecule has 6 heteroatoms. The molecular formula is C23H20BrN3O2. The van der Waals surface area contributed by atoms with Gasteiger partial charge in [0.15, 0.2) is 0 Å². The van der Waals surface area contributed by atoms with Crippen molar-refractivity contribution < 1.29 is 9.53 Å². The fourth-order valence-corrected chi connectivity index (χ4v) is 4.03. The predicted octanol–water partition coefficient (Wildman–Crippen LogP) is 4.84. The van der Waals surface area contributed by atoms with Crippen LogP contribution in [-0.4, -0.2) is 15.5 Å². The zero-order chi connectivity index (χ0) is 20.2. The Hall–Kier alpha value is -3.12. The van der Waals surface area contributed by atoms with E-state index in [1.807, 2.05) is 78.3 Å². The lowest BCUT2D eigenvalue weighted by atomic mass is 10.2. The van der Waals surface area contributed by atoms with E-state index >= 15 is 0 Å². The van der Waals surface area contributed by atoms with Crippen LogP contribution in [0.25, 0.3) is 10.9 Å². The molecule has 1 amide bonds. The van der Waals surface area contributed by atoms with Gasteiger partial charge in [-0.15, -0.1) is 0 Å². The Labute approximate surface area is 177 Å². The predicted molar refractivity (Wildman–Crippen MR) is 117 cm³/mol. The number of hydrogen-bond donors (Lipinski definition) is 1. The van der Waals surface area contributed by atoms with Gasteiger partial charge in [-0.1, -0.05) is 36.4 Å². The Kier molecular flexibility index (Phi) is 5.62. The molecule has 0 bridgehead atoms. The Balaban J connectivity index is 1.43. The van der Waals surface area contributed by atoms with Crippen LogP contribution in [0.2, 0.25) is 0 Å². The maximum Gasteiger partial charge on any atom is 0.269 e. The number of aromatic nitrogens is 2. The van der Waals surface area contributed by atoms with Gasteiger partial charge in [0, 0.05) is 30.7 Å². The Bertz CT molecular complexity index is 1120. The number of para-hydroxylation sites is 1. The number of pyridine rings is 1. The molecule has 2 heterocycles. The van der Waals surface area contributed by atoms with Crippen molar-refractivity contribution in [3.05, 3.63) is 94.4 Å². The van der Waals surface area contributed by atoms with E-state index in [1.165, 1.54) is 0 Å². The first-order chi connectivity index (χ1) is 14.1. The molecule has 0 unspecified atom stereocenters. The van der Waals surface area contributed by atoms with Gasteiger partial charge in [-0.05, 0) is 51.8 Å². The zero-order valence-electron chi connectivity index (χ0n) is 15.9. The van der Waals surface area contributed by atoms with Gasteiger partial charge in [0.05, 0.1) is 10.2 Å². The van der Waals surface area contributed by atoms with E-state index in [4.69, 9.17) is 4.74 Å². The van der Waals surface area contributed by atoms with E-state index in [9.17, 15) is 4.79 Å². The monoisotopic (exact) mass is 449 g/mol. The van der Waals surface area contributed by atoms with Crippen molar-refractivity contribution in [3.8, 4) is 5.75 Å². The third-order valence-electron chi connectivity index (χ3n) is 4.72. The molecule has 0 aliphatic heterocycles. The number of benzene rings is 2. The van der Waals surface area contributed by atoms with Crippen molar-refractivity contribution in [1.29, 1.82) is 0 Å². The van der Waals surface area contributed by atoms with E-state index < -0.39 is 0 Å². The number of fused-ring (bicyclic) bond motifs is 1. The third kappa shape index (κ3) is 4.17. The summed E-state index contributed by atoms with van der Waals surface area (Å²) in [6.45, 7) is 0.813. The van der Waals surface area contributed by atoms with Crippen molar-refractivity contribution in [2.75, 3.05) is 0 Å². The number of carbonyl (C=O) groups is 1. The van der Waals surface area contributed by atoms with Crippen molar-refractivity contribution in [1.82, 2.24) is 14.9 Å². The van der Waals surface area contributed by atoms with E-state index in [0.717, 1.165) is 32.4 Å². The minimum atomic E-state index is -0.129. The van der Waals surface area contributed by atoms with Crippen LogP contribution in [0, 0.1) is 0 Å². The standard InChI is InChI=1S/C23H20BrN3O2/c1-27-20-11-3-2-10-19(20)21(24)22(27)23(28)26-14-16-7-6-9-18(13-16)29-15-17-8-4-5-12-25-17/h2-13H,14-15H2,1H3,(H,26,28). The first-order valence-corrected chi connectivity index (χ1v) is 10.1. The van der Waals surface area contributed by atoms with Crippen molar-refractivity contribution in [2.24, 2.45) is 7.05 Å². The van der Waals surface area contributed by atoms with Gasteiger partial charge in [0.2, 0.25) is 0 Å². The number of nitrogens with one attached hydrogen (secondary N) is 1. The molecule has 0 saturated heterocycles. The summed E-state index contributed by atoms with van der Waals surface area (Å²) in [6.07, 6.45) is 1.75. The highest BCUT2D eigenvalue weighted by Gasteiger charge is 2.18. The lowest BCUT2D eigenvalue weighted by Crippen LogP contribution is -2.25. The van der Waals surface area contributed by atoms with E-state index in [-0.39, 0.29) is 5.91 Å². The number of ether oxygens (including phenoxy) is 1. The van der Waals surface area contributed by atoms with Crippen molar-refractivity contribution in [2.45, 2.75) is 13.2 Å². The maximum absolute atomic E-state index is 12.8. The van der Waals surface area contributed by atoms with Crippen LogP contribution < -0.4 is 10.1 Å². The minimum Gasteiger partial charge on any atom is -0.487 e. The molecule has 0 radical (unpaired) electrons. The van der Waals surface area contributed by atoms with Crippen LogP contribution >= 0.6 is 15.9 Å². The number of hydrogen-bond acceptors (Lipinski definition) is 3. The summed E-state index contributed by atoms with van der Waals surface area (Å²) < 4.78 is 8.53. The molecule has 146 valence electrons. The normalized spacial score (nSPS) is 10.8. The molecule has 0 fully saturated rings. The second-order valence-corrected chi connectivity index (χ2v) is 7.47. The highest BCUT2D eigenvalue weighted by molar-refractivity contribution is 9.10. The summed E-state index contributed by atoms with van der Waals surface area (Å²) in [7, 11) is 1.90. The van der Waals surface area contributed by atoms with Crippen molar-refractivity contribution >= 4 is 32.7 Å². The highest BCUT2D eigenvalue weighted by atomic mass is 79.9. The second kappa shape index (κ2) is 8.49. The van der Waals surface area contributed by atoms with E-state index in [2.05, 4.69) is 26.2 Å². The largest absolute Gasteiger partial charge is 0.487 e. The smallest absolute Gasteiger partial charge is 0.269 e. The number of nitrogens with zero attached hydrogens (tertiary/aromatic N) is 2. The summed E-state index contributed by atoms with van der Waals surface area (Å²) in [5.41, 5.74) is 3.45. The molecule has 5 nitrogen and oxygen atoms in total. The van der Waals surface area contributed by atoms with E-state index in [0.29, 0.717) is 18.8 Å². The number of rotatable bonds is 6. The molecule has 2 aromatic carbocycles. The van der Waals surface area contributed by atoms with Crippen LogP contribution in [0.3, 0.4) is 0 Å². The average molecular weight is 450 g/mol. The van der Waals surface area contributed by atoms with Crippen LogP contribution in [0.4, 0.5) is 0 Å². The number of aryl methyl sites for hydroxylation is 1. The Morgan fingerprint density at radius 2 is 1.93 bits per heavy atom. The van der Waals surface area contributed by atoms with Gasteiger partial charge >= 0.3 is 0 Å². The topological polar surface area (TPSA) is 56.2 Å². The fourth-order valence-electron chi connectivity index (χ4n) is 3.25. The number of amides is 1. The molecule has 4 aromatic rings. The maximum atomic E-state index is 12.8. The molecule has 29 heavy (non-hydrogen) atoms. The molecule has 0 atom stereocenters. The molecule has 4 rings (SSSR count). The summed E-state index contributed by atoms with van der Waals surface area (Å²) in [5, 5.41) is 4.02. The Morgan fingerprint density at radius 1 is 1.10 bits per heavy atom. The number of carbonyl (C=O) groups excluding carboxylic acids is 1. The molecule has 2 aromatic heterocycles. The molecule has 0 aliphatic carbocycles. The zero-order valence-corrected chi connectivity index (χ0v) is 17.5. The van der Waals surface area contributed by atoms with Gasteiger partial charge in [-0.25, -0.2) is 0 Å². The van der Waals surface area contributed by atoms with Crippen LogP contribution in [0.15, 0.2) is 77.4 Å². The molecule has 0 aliphatic rings. The van der Waals surface area contributed by atoms with Crippen LogP contribution in [0.1, 0.15) is 21.7 Å². The lowest BCUT2D eigenvalue weighted by Gasteiger charge is -2.10.